The van der Waals surface area contributed by atoms with Crippen LogP contribution >= 0.6 is 23.5 Å². The fraction of sp³-hybridized carbons (Fsp3) is 0.316. The average molecular weight is 461 g/mol. The summed E-state index contributed by atoms with van der Waals surface area (Å²) in [6.45, 7) is 2.12. The molecule has 2 aromatic rings. The predicted octanol–water partition coefficient (Wildman–Crippen LogP) is 1.41. The molecule has 0 saturated carbocycles. The average Bonchev–Trinajstić information content (AvgIpc) is 3.24. The second-order valence-electron chi connectivity index (χ2n) is 7.15. The van der Waals surface area contributed by atoms with Gasteiger partial charge in [-0.2, -0.15) is 0 Å². The van der Waals surface area contributed by atoms with E-state index in [2.05, 4.69) is 15.2 Å². The van der Waals surface area contributed by atoms with E-state index in [4.69, 9.17) is 5.73 Å². The first-order valence-electron chi connectivity index (χ1n) is 9.37. The summed E-state index contributed by atoms with van der Waals surface area (Å²) in [5, 5.41) is 17.4. The Bertz CT molecular complexity index is 1060. The van der Waals surface area contributed by atoms with E-state index in [9.17, 15) is 19.5 Å². The predicted molar refractivity (Wildman–Crippen MR) is 115 cm³/mol. The van der Waals surface area contributed by atoms with Crippen molar-refractivity contribution in [3.05, 3.63) is 53.0 Å². The maximum atomic E-state index is 13.0. The van der Waals surface area contributed by atoms with Crippen molar-refractivity contribution in [1.82, 2.24) is 25.0 Å². The number of H-pyrrole nitrogens is 1. The number of carbonyl (C=O) groups excluding carboxylic acids is 2. The maximum absolute atomic E-state index is 13.0. The molecule has 4 rings (SSSR count). The van der Waals surface area contributed by atoms with Crippen LogP contribution < -0.4 is 5.73 Å². The van der Waals surface area contributed by atoms with Gasteiger partial charge in [-0.25, -0.2) is 9.59 Å². The number of urea groups is 1. The van der Waals surface area contributed by atoms with Gasteiger partial charge in [-0.3, -0.25) is 9.69 Å². The van der Waals surface area contributed by atoms with Gasteiger partial charge in [0.2, 0.25) is 0 Å². The Hall–Kier alpha value is -2.99. The van der Waals surface area contributed by atoms with Gasteiger partial charge in [-0.15, -0.1) is 22.0 Å². The van der Waals surface area contributed by atoms with E-state index in [-0.39, 0.29) is 12.2 Å². The number of rotatable bonds is 7. The highest BCUT2D eigenvalue weighted by Crippen LogP contribution is 2.43. The number of carboxylic acid groups (broad SMARTS) is 1. The highest BCUT2D eigenvalue weighted by Gasteiger charge is 2.56. The summed E-state index contributed by atoms with van der Waals surface area (Å²) >= 11 is 2.74. The van der Waals surface area contributed by atoms with Gasteiger partial charge in [0.25, 0.3) is 5.91 Å². The van der Waals surface area contributed by atoms with Crippen LogP contribution in [0.4, 0.5) is 4.79 Å². The van der Waals surface area contributed by atoms with E-state index in [1.165, 1.54) is 39.7 Å². The number of nitrogens with one attached hydrogen (secondary N) is 1. The van der Waals surface area contributed by atoms with Crippen LogP contribution in [0.3, 0.4) is 0 Å². The smallest absolute Gasteiger partial charge is 0.352 e. The number of aromatic amines is 1. The number of primary amides is 1. The van der Waals surface area contributed by atoms with Crippen LogP contribution in [0.1, 0.15) is 11.1 Å². The minimum atomic E-state index is -1.17. The summed E-state index contributed by atoms with van der Waals surface area (Å²) < 4.78 is 0. The first-order valence-corrected chi connectivity index (χ1v) is 11.4. The highest BCUT2D eigenvalue weighted by molar-refractivity contribution is 8.01. The number of aliphatic carboxylic acids is 1. The molecule has 31 heavy (non-hydrogen) atoms. The largest absolute Gasteiger partial charge is 0.477 e. The van der Waals surface area contributed by atoms with Crippen molar-refractivity contribution in [1.29, 1.82) is 0 Å². The Morgan fingerprint density at radius 2 is 2.26 bits per heavy atom. The van der Waals surface area contributed by atoms with Crippen molar-refractivity contribution in [2.45, 2.75) is 30.0 Å². The third-order valence-electron chi connectivity index (χ3n) is 5.05. The molecule has 10 nitrogen and oxygen atoms in total. The summed E-state index contributed by atoms with van der Waals surface area (Å²) in [5.41, 5.74) is 8.07. The number of β-lactam (4-membered cyclic amide) rings is 1. The van der Waals surface area contributed by atoms with Crippen molar-refractivity contribution >= 4 is 41.4 Å². The SMILES string of the molecule is Cc1cccc(CN(C(N)=O)C2C(=O)N3C(C(=O)O)=C(CSc4nnc[nH]4)CS[C@H]23)c1. The fourth-order valence-electron chi connectivity index (χ4n) is 3.67. The molecule has 1 fully saturated rings. The molecule has 2 aliphatic heterocycles. The van der Waals surface area contributed by atoms with E-state index >= 15 is 0 Å². The topological polar surface area (TPSA) is 146 Å². The third-order valence-corrected chi connectivity index (χ3v) is 7.34. The first-order chi connectivity index (χ1) is 14.9. The molecule has 2 atom stereocenters. The molecule has 162 valence electrons. The normalized spacial score (nSPS) is 20.3. The quantitative estimate of drug-likeness (QED) is 0.415. The minimum absolute atomic E-state index is 0.0306. The number of fused-ring (bicyclic) bond motifs is 1. The van der Waals surface area contributed by atoms with Gasteiger partial charge in [0.05, 0.1) is 0 Å². The Balaban J connectivity index is 1.55. The number of aromatic nitrogens is 3. The zero-order valence-corrected chi connectivity index (χ0v) is 18.2. The summed E-state index contributed by atoms with van der Waals surface area (Å²) in [6.07, 6.45) is 1.44. The molecule has 1 aromatic carbocycles. The molecule has 0 aliphatic carbocycles. The van der Waals surface area contributed by atoms with Crippen molar-refractivity contribution < 1.29 is 19.5 Å². The Kier molecular flexibility index (Phi) is 5.92. The van der Waals surface area contributed by atoms with E-state index in [1.807, 2.05) is 31.2 Å². The zero-order chi connectivity index (χ0) is 22.1. The van der Waals surface area contributed by atoms with E-state index < -0.39 is 29.3 Å². The third kappa shape index (κ3) is 4.12. The van der Waals surface area contributed by atoms with Crippen LogP contribution in [0.5, 0.6) is 0 Å². The summed E-state index contributed by atoms with van der Waals surface area (Å²) in [5.74, 6) is -0.837. The molecule has 0 radical (unpaired) electrons. The number of hydrogen-bond acceptors (Lipinski definition) is 7. The Morgan fingerprint density at radius 1 is 1.45 bits per heavy atom. The van der Waals surface area contributed by atoms with Crippen LogP contribution in [-0.4, -0.2) is 70.9 Å². The first kappa shape index (κ1) is 21.2. The van der Waals surface area contributed by atoms with Crippen molar-refractivity contribution in [3.63, 3.8) is 0 Å². The second kappa shape index (κ2) is 8.63. The maximum Gasteiger partial charge on any atom is 0.352 e. The van der Waals surface area contributed by atoms with Gasteiger partial charge in [0.1, 0.15) is 23.4 Å². The van der Waals surface area contributed by atoms with Crippen molar-refractivity contribution in [2.75, 3.05) is 11.5 Å². The number of nitrogens with two attached hydrogens (primary N) is 1. The number of hydrogen-bond donors (Lipinski definition) is 3. The molecule has 0 spiro atoms. The van der Waals surface area contributed by atoms with E-state index in [1.54, 1.807) is 0 Å². The number of amides is 3. The second-order valence-corrected chi connectivity index (χ2v) is 9.22. The van der Waals surface area contributed by atoms with Gasteiger partial charge in [-0.05, 0) is 18.1 Å². The van der Waals surface area contributed by atoms with Crippen LogP contribution in [0, 0.1) is 6.92 Å². The monoisotopic (exact) mass is 460 g/mol. The Morgan fingerprint density at radius 3 is 2.90 bits per heavy atom. The van der Waals surface area contributed by atoms with E-state index in [0.717, 1.165) is 11.1 Å². The van der Waals surface area contributed by atoms with Gasteiger partial charge in [-0.1, -0.05) is 41.6 Å². The number of benzene rings is 1. The number of aryl methyl sites for hydroxylation is 1. The van der Waals surface area contributed by atoms with Crippen LogP contribution in [0.25, 0.3) is 0 Å². The standard InChI is InChI=1S/C19H20N6O4S2/c1-10-3-2-4-11(5-10)6-24(18(20)29)14-15(26)25-13(17(27)28)12(7-30-16(14)25)8-31-19-21-9-22-23-19/h2-5,9,14,16H,6-8H2,1H3,(H2,20,29)(H,27,28)(H,21,22,23)/t14?,16-/m1/s1. The molecule has 1 unspecified atom stereocenters. The number of carboxylic acids is 1. The van der Waals surface area contributed by atoms with Crippen LogP contribution in [-0.2, 0) is 16.1 Å². The molecule has 3 heterocycles. The van der Waals surface area contributed by atoms with E-state index in [0.29, 0.717) is 22.2 Å². The lowest BCUT2D eigenvalue weighted by Crippen LogP contribution is -2.71. The molecular weight excluding hydrogens is 440 g/mol. The molecule has 3 amide bonds. The molecule has 12 heteroatoms. The fourth-order valence-corrected chi connectivity index (χ4v) is 6.00. The molecular formula is C19H20N6O4S2. The number of nitrogens with zero attached hydrogens (tertiary/aromatic N) is 4. The minimum Gasteiger partial charge on any atom is -0.477 e. The van der Waals surface area contributed by atoms with Crippen LogP contribution in [0.15, 0.2) is 47.0 Å². The zero-order valence-electron chi connectivity index (χ0n) is 16.5. The van der Waals surface area contributed by atoms with Crippen molar-refractivity contribution in [2.24, 2.45) is 5.73 Å². The summed E-state index contributed by atoms with van der Waals surface area (Å²) in [4.78, 5) is 42.6. The Labute approximate surface area is 186 Å². The number of carbonyl (C=O) groups is 3. The lowest BCUT2D eigenvalue weighted by atomic mass is 10.0. The van der Waals surface area contributed by atoms with Crippen LogP contribution in [0.2, 0.25) is 0 Å². The van der Waals surface area contributed by atoms with Gasteiger partial charge >= 0.3 is 12.0 Å². The molecule has 2 aliphatic rings. The number of thioether (sulfide) groups is 2. The molecule has 1 saturated heterocycles. The lowest BCUT2D eigenvalue weighted by Gasteiger charge is -2.52. The van der Waals surface area contributed by atoms with Gasteiger partial charge in [0.15, 0.2) is 5.16 Å². The highest BCUT2D eigenvalue weighted by atomic mass is 32.2. The molecule has 0 bridgehead atoms. The summed E-state index contributed by atoms with van der Waals surface area (Å²) in [7, 11) is 0. The van der Waals surface area contributed by atoms with Crippen molar-refractivity contribution in [3.8, 4) is 0 Å². The van der Waals surface area contributed by atoms with Gasteiger partial charge in [0, 0.05) is 18.1 Å². The lowest BCUT2D eigenvalue weighted by molar-refractivity contribution is -0.153. The summed E-state index contributed by atoms with van der Waals surface area (Å²) in [6, 6.07) is 6.07. The molecule has 1 aromatic heterocycles. The molecule has 4 N–H and O–H groups in total. The van der Waals surface area contributed by atoms with Gasteiger partial charge < -0.3 is 20.7 Å².